The maximum Gasteiger partial charge on any atom is 0.0714 e. The van der Waals surface area contributed by atoms with Gasteiger partial charge in [-0.05, 0) is 18.2 Å². The van der Waals surface area contributed by atoms with Gasteiger partial charge in [0.05, 0.1) is 17.7 Å². The molecule has 0 unspecified atom stereocenters. The molecule has 3 rings (SSSR count). The number of fused-ring (bicyclic) bond motifs is 1. The number of nitrogens with zero attached hydrogens (tertiary/aromatic N) is 3. The van der Waals surface area contributed by atoms with Crippen LogP contribution in [0.15, 0.2) is 48.9 Å². The standard InChI is InChI=1S/C13H14N4/c14-12-4-1-3-11-5-8-16(13(11)12)9-10-17-7-2-6-15-17/h1-8H,9-10,14H2. The zero-order valence-electron chi connectivity index (χ0n) is 9.45. The van der Waals surface area contributed by atoms with Crippen molar-refractivity contribution in [3.8, 4) is 0 Å². The molecule has 2 N–H and O–H groups in total. The average Bonchev–Trinajstić information content (AvgIpc) is 2.95. The van der Waals surface area contributed by atoms with Gasteiger partial charge in [0.15, 0.2) is 0 Å². The molecule has 0 bridgehead atoms. The van der Waals surface area contributed by atoms with Crippen LogP contribution in [0.1, 0.15) is 0 Å². The van der Waals surface area contributed by atoms with Crippen LogP contribution in [-0.2, 0) is 13.1 Å². The van der Waals surface area contributed by atoms with E-state index in [1.807, 2.05) is 29.1 Å². The number of anilines is 1. The van der Waals surface area contributed by atoms with Crippen LogP contribution in [0.4, 0.5) is 5.69 Å². The SMILES string of the molecule is Nc1cccc2ccn(CCn3cccn3)c12. The first-order valence-corrected chi connectivity index (χ1v) is 5.65. The summed E-state index contributed by atoms with van der Waals surface area (Å²) >= 11 is 0. The molecule has 0 aliphatic carbocycles. The van der Waals surface area contributed by atoms with E-state index in [9.17, 15) is 0 Å². The van der Waals surface area contributed by atoms with E-state index in [0.29, 0.717) is 0 Å². The van der Waals surface area contributed by atoms with E-state index in [1.54, 1.807) is 6.20 Å². The van der Waals surface area contributed by atoms with Gasteiger partial charge >= 0.3 is 0 Å². The van der Waals surface area contributed by atoms with Crippen molar-refractivity contribution in [3.63, 3.8) is 0 Å². The van der Waals surface area contributed by atoms with Gasteiger partial charge in [0.2, 0.25) is 0 Å². The summed E-state index contributed by atoms with van der Waals surface area (Å²) in [6.45, 7) is 1.73. The van der Waals surface area contributed by atoms with Gasteiger partial charge in [-0.1, -0.05) is 12.1 Å². The van der Waals surface area contributed by atoms with Crippen LogP contribution < -0.4 is 5.73 Å². The monoisotopic (exact) mass is 226 g/mol. The second-order valence-electron chi connectivity index (χ2n) is 4.06. The number of aromatic nitrogens is 3. The van der Waals surface area contributed by atoms with E-state index in [2.05, 4.69) is 28.0 Å². The van der Waals surface area contributed by atoms with Crippen LogP contribution in [0.3, 0.4) is 0 Å². The fraction of sp³-hybridized carbons (Fsp3) is 0.154. The molecule has 17 heavy (non-hydrogen) atoms. The molecule has 0 aliphatic rings. The van der Waals surface area contributed by atoms with Crippen LogP contribution >= 0.6 is 0 Å². The average molecular weight is 226 g/mol. The molecule has 0 atom stereocenters. The molecule has 0 saturated carbocycles. The number of rotatable bonds is 3. The molecule has 86 valence electrons. The Morgan fingerprint density at radius 2 is 2.00 bits per heavy atom. The number of hydrogen-bond acceptors (Lipinski definition) is 2. The topological polar surface area (TPSA) is 48.8 Å². The largest absolute Gasteiger partial charge is 0.397 e. The summed E-state index contributed by atoms with van der Waals surface area (Å²) in [6.07, 6.45) is 5.84. The predicted octanol–water partition coefficient (Wildman–Crippen LogP) is 2.12. The van der Waals surface area contributed by atoms with Crippen molar-refractivity contribution in [2.75, 3.05) is 5.73 Å². The van der Waals surface area contributed by atoms with Crippen molar-refractivity contribution >= 4 is 16.6 Å². The molecular formula is C13H14N4. The quantitative estimate of drug-likeness (QED) is 0.695. The van der Waals surface area contributed by atoms with Crippen molar-refractivity contribution in [1.29, 1.82) is 0 Å². The molecule has 0 radical (unpaired) electrons. The summed E-state index contributed by atoms with van der Waals surface area (Å²) in [6, 6.07) is 10.0. The Bertz CT molecular complexity index is 622. The van der Waals surface area contributed by atoms with Crippen LogP contribution in [-0.4, -0.2) is 14.3 Å². The predicted molar refractivity (Wildman–Crippen MR) is 68.6 cm³/mol. The Morgan fingerprint density at radius 1 is 1.06 bits per heavy atom. The fourth-order valence-electron chi connectivity index (χ4n) is 2.12. The van der Waals surface area contributed by atoms with Gasteiger partial charge in [-0.15, -0.1) is 0 Å². The lowest BCUT2D eigenvalue weighted by Gasteiger charge is -2.07. The lowest BCUT2D eigenvalue weighted by atomic mass is 10.2. The van der Waals surface area contributed by atoms with Gasteiger partial charge in [-0.2, -0.15) is 5.10 Å². The number of aryl methyl sites for hydroxylation is 2. The summed E-state index contributed by atoms with van der Waals surface area (Å²) in [5.41, 5.74) is 7.94. The van der Waals surface area contributed by atoms with Gasteiger partial charge in [0.1, 0.15) is 0 Å². The molecule has 4 heteroatoms. The van der Waals surface area contributed by atoms with Crippen molar-refractivity contribution < 1.29 is 0 Å². The van der Waals surface area contributed by atoms with Gasteiger partial charge < -0.3 is 10.3 Å². The van der Waals surface area contributed by atoms with E-state index >= 15 is 0 Å². The van der Waals surface area contributed by atoms with Crippen LogP contribution in [0.5, 0.6) is 0 Å². The van der Waals surface area contributed by atoms with Crippen LogP contribution in [0.2, 0.25) is 0 Å². The van der Waals surface area contributed by atoms with E-state index < -0.39 is 0 Å². The first-order chi connectivity index (χ1) is 8.34. The zero-order valence-corrected chi connectivity index (χ0v) is 9.45. The van der Waals surface area contributed by atoms with Crippen LogP contribution in [0.25, 0.3) is 10.9 Å². The molecule has 0 spiro atoms. The van der Waals surface area contributed by atoms with Crippen molar-refractivity contribution in [1.82, 2.24) is 14.3 Å². The van der Waals surface area contributed by atoms with Gasteiger partial charge in [-0.3, -0.25) is 4.68 Å². The maximum absolute atomic E-state index is 6.01. The third-order valence-corrected chi connectivity index (χ3v) is 2.95. The molecule has 0 aliphatic heterocycles. The molecular weight excluding hydrogens is 212 g/mol. The highest BCUT2D eigenvalue weighted by Crippen LogP contribution is 2.21. The molecule has 3 aromatic rings. The third-order valence-electron chi connectivity index (χ3n) is 2.95. The Balaban J connectivity index is 1.90. The highest BCUT2D eigenvalue weighted by atomic mass is 15.3. The number of benzene rings is 1. The van der Waals surface area contributed by atoms with Gasteiger partial charge in [-0.25, -0.2) is 0 Å². The fourth-order valence-corrected chi connectivity index (χ4v) is 2.12. The molecule has 2 aromatic heterocycles. The molecule has 0 saturated heterocycles. The smallest absolute Gasteiger partial charge is 0.0714 e. The Kier molecular flexibility index (Phi) is 2.33. The van der Waals surface area contributed by atoms with E-state index in [0.717, 1.165) is 24.3 Å². The number of para-hydroxylation sites is 1. The van der Waals surface area contributed by atoms with E-state index in [-0.39, 0.29) is 0 Å². The summed E-state index contributed by atoms with van der Waals surface area (Å²) < 4.78 is 4.09. The highest BCUT2D eigenvalue weighted by Gasteiger charge is 2.03. The second kappa shape index (κ2) is 3.97. The first-order valence-electron chi connectivity index (χ1n) is 5.65. The van der Waals surface area contributed by atoms with Crippen molar-refractivity contribution in [2.24, 2.45) is 0 Å². The van der Waals surface area contributed by atoms with Gasteiger partial charge in [0, 0.05) is 30.5 Å². The molecule has 0 amide bonds. The van der Waals surface area contributed by atoms with Crippen LogP contribution in [0, 0.1) is 0 Å². The summed E-state index contributed by atoms with van der Waals surface area (Å²) in [7, 11) is 0. The molecule has 1 aromatic carbocycles. The lowest BCUT2D eigenvalue weighted by Crippen LogP contribution is -2.07. The Labute approximate surface area is 99.3 Å². The molecule has 2 heterocycles. The third kappa shape index (κ3) is 1.78. The number of nitrogens with two attached hydrogens (primary N) is 1. The Morgan fingerprint density at radius 3 is 2.82 bits per heavy atom. The number of nitrogen functional groups attached to an aromatic ring is 1. The lowest BCUT2D eigenvalue weighted by molar-refractivity contribution is 0.543. The highest BCUT2D eigenvalue weighted by molar-refractivity contribution is 5.90. The zero-order chi connectivity index (χ0) is 11.7. The minimum atomic E-state index is 0.827. The summed E-state index contributed by atoms with van der Waals surface area (Å²) in [5.74, 6) is 0. The molecule has 0 fully saturated rings. The normalized spacial score (nSPS) is 11.1. The van der Waals surface area contributed by atoms with E-state index in [4.69, 9.17) is 5.73 Å². The summed E-state index contributed by atoms with van der Waals surface area (Å²) in [5, 5.41) is 5.38. The number of hydrogen-bond donors (Lipinski definition) is 1. The second-order valence-corrected chi connectivity index (χ2v) is 4.06. The summed E-state index contributed by atoms with van der Waals surface area (Å²) in [4.78, 5) is 0. The first kappa shape index (κ1) is 9.96. The molecule has 4 nitrogen and oxygen atoms in total. The van der Waals surface area contributed by atoms with Crippen molar-refractivity contribution in [3.05, 3.63) is 48.9 Å². The van der Waals surface area contributed by atoms with E-state index in [1.165, 1.54) is 5.39 Å². The maximum atomic E-state index is 6.01. The minimum Gasteiger partial charge on any atom is -0.397 e. The van der Waals surface area contributed by atoms with Crippen molar-refractivity contribution in [2.45, 2.75) is 13.1 Å². The minimum absolute atomic E-state index is 0.827. The van der Waals surface area contributed by atoms with Gasteiger partial charge in [0.25, 0.3) is 0 Å². The Hall–Kier alpha value is -2.23.